The van der Waals surface area contributed by atoms with Crippen molar-refractivity contribution in [2.45, 2.75) is 12.8 Å². The molecule has 0 saturated heterocycles. The molecule has 1 aromatic carbocycles. The molecule has 12 heavy (non-hydrogen) atoms. The highest BCUT2D eigenvalue weighted by molar-refractivity contribution is 6.42. The lowest BCUT2D eigenvalue weighted by Crippen LogP contribution is -1.85. The molecule has 0 spiro atoms. The van der Waals surface area contributed by atoms with E-state index >= 15 is 0 Å². The fraction of sp³-hybridized carbons (Fsp3) is 0.300. The molecule has 0 N–H and O–H groups in total. The molecule has 1 fully saturated rings. The number of benzene rings is 1. The highest BCUT2D eigenvalue weighted by atomic mass is 35.5. The van der Waals surface area contributed by atoms with Gasteiger partial charge >= 0.3 is 0 Å². The van der Waals surface area contributed by atoms with E-state index in [2.05, 4.69) is 6.42 Å². The minimum Gasteiger partial charge on any atom is -0.0827 e. The minimum absolute atomic E-state index is 0.645. The third-order valence-corrected chi connectivity index (χ3v) is 2.85. The molecule has 2 heteroatoms. The van der Waals surface area contributed by atoms with Gasteiger partial charge < -0.3 is 0 Å². The van der Waals surface area contributed by atoms with E-state index < -0.39 is 0 Å². The van der Waals surface area contributed by atoms with Gasteiger partial charge in [0, 0.05) is 0 Å². The topological polar surface area (TPSA) is 0 Å². The van der Waals surface area contributed by atoms with Crippen molar-refractivity contribution < 1.29 is 0 Å². The maximum atomic E-state index is 6.00. The number of hydrogen-bond donors (Lipinski definition) is 0. The monoisotopic (exact) mass is 199 g/mol. The first-order chi connectivity index (χ1) is 5.77. The smallest absolute Gasteiger partial charge is 0.0627 e. The second-order valence-corrected chi connectivity index (χ2v) is 3.93. The summed E-state index contributed by atoms with van der Waals surface area (Å²) in [5.41, 5.74) is 1.08. The van der Waals surface area contributed by atoms with Crippen molar-refractivity contribution in [2.24, 2.45) is 5.92 Å². The van der Waals surface area contributed by atoms with Crippen molar-refractivity contribution in [1.29, 1.82) is 0 Å². The van der Waals surface area contributed by atoms with Crippen LogP contribution in [0, 0.1) is 12.3 Å². The molecule has 0 amide bonds. The van der Waals surface area contributed by atoms with Gasteiger partial charge in [-0.2, -0.15) is 0 Å². The molecule has 0 aromatic heterocycles. The Kier molecular flexibility index (Phi) is 2.29. The molecule has 0 bridgehead atoms. The normalized spacial score (nSPS) is 16.5. The standard InChI is InChI=1S/C10H9Cl2/c11-9-3-1-2-8(10(9)12)6-7-4-5-7/h1-3,6-7H,4-5H2. The minimum atomic E-state index is 0.645. The third kappa shape index (κ3) is 1.75. The summed E-state index contributed by atoms with van der Waals surface area (Å²) in [5, 5.41) is 1.33. The molecule has 0 unspecified atom stereocenters. The van der Waals surface area contributed by atoms with E-state index in [4.69, 9.17) is 23.2 Å². The van der Waals surface area contributed by atoms with E-state index in [1.54, 1.807) is 0 Å². The molecule has 1 aliphatic carbocycles. The molecule has 0 atom stereocenters. The maximum absolute atomic E-state index is 6.00. The summed E-state index contributed by atoms with van der Waals surface area (Å²) in [5.74, 6) is 0.737. The van der Waals surface area contributed by atoms with E-state index in [-0.39, 0.29) is 0 Å². The predicted octanol–water partition coefficient (Wildman–Crippen LogP) is 3.96. The second kappa shape index (κ2) is 3.27. The van der Waals surface area contributed by atoms with Crippen molar-refractivity contribution in [3.8, 4) is 0 Å². The first kappa shape index (κ1) is 8.40. The molecule has 1 saturated carbocycles. The molecule has 0 aliphatic heterocycles. The summed E-state index contributed by atoms with van der Waals surface area (Å²) in [4.78, 5) is 0. The molecular weight excluding hydrogens is 191 g/mol. The van der Waals surface area contributed by atoms with Crippen molar-refractivity contribution in [2.75, 3.05) is 0 Å². The Morgan fingerprint density at radius 2 is 2.00 bits per heavy atom. The van der Waals surface area contributed by atoms with Crippen LogP contribution in [0.1, 0.15) is 18.4 Å². The zero-order valence-electron chi connectivity index (χ0n) is 6.56. The summed E-state index contributed by atoms with van der Waals surface area (Å²) in [7, 11) is 0. The van der Waals surface area contributed by atoms with Crippen LogP contribution < -0.4 is 0 Å². The summed E-state index contributed by atoms with van der Waals surface area (Å²) in [6.07, 6.45) is 4.79. The van der Waals surface area contributed by atoms with Gasteiger partial charge in [0.25, 0.3) is 0 Å². The lowest BCUT2D eigenvalue weighted by Gasteiger charge is -2.03. The van der Waals surface area contributed by atoms with Gasteiger partial charge in [-0.05, 0) is 36.8 Å². The first-order valence-corrected chi connectivity index (χ1v) is 4.82. The predicted molar refractivity (Wildman–Crippen MR) is 52.6 cm³/mol. The average molecular weight is 200 g/mol. The van der Waals surface area contributed by atoms with Gasteiger partial charge in [0.05, 0.1) is 10.0 Å². The van der Waals surface area contributed by atoms with Gasteiger partial charge in [-0.3, -0.25) is 0 Å². The summed E-state index contributed by atoms with van der Waals surface area (Å²) in [6.45, 7) is 0. The van der Waals surface area contributed by atoms with E-state index in [1.165, 1.54) is 12.8 Å². The number of rotatable bonds is 2. The molecule has 1 aliphatic rings. The second-order valence-electron chi connectivity index (χ2n) is 3.15. The fourth-order valence-electron chi connectivity index (χ4n) is 1.17. The van der Waals surface area contributed by atoms with Crippen LogP contribution in [0.4, 0.5) is 0 Å². The van der Waals surface area contributed by atoms with Crippen LogP contribution in [0.15, 0.2) is 18.2 Å². The summed E-state index contributed by atoms with van der Waals surface area (Å²) in [6, 6.07) is 5.75. The van der Waals surface area contributed by atoms with Gasteiger partial charge in [0.15, 0.2) is 0 Å². The van der Waals surface area contributed by atoms with Crippen LogP contribution in [0.2, 0.25) is 10.0 Å². The lowest BCUT2D eigenvalue weighted by atomic mass is 10.1. The van der Waals surface area contributed by atoms with E-state index in [1.807, 2.05) is 18.2 Å². The molecule has 0 nitrogen and oxygen atoms in total. The molecule has 1 aromatic rings. The van der Waals surface area contributed by atoms with E-state index in [0.717, 1.165) is 11.5 Å². The zero-order valence-corrected chi connectivity index (χ0v) is 8.07. The molecule has 63 valence electrons. The largest absolute Gasteiger partial charge is 0.0827 e. The summed E-state index contributed by atoms with van der Waals surface area (Å²) < 4.78 is 0. The SMILES string of the molecule is Clc1cccc([CH]C2CC2)c1Cl. The number of halogens is 2. The highest BCUT2D eigenvalue weighted by Gasteiger charge is 2.23. The Bertz CT molecular complexity index is 290. The van der Waals surface area contributed by atoms with Crippen LogP contribution in [0.5, 0.6) is 0 Å². The van der Waals surface area contributed by atoms with Gasteiger partial charge in [0.1, 0.15) is 0 Å². The van der Waals surface area contributed by atoms with Crippen molar-refractivity contribution in [3.63, 3.8) is 0 Å². The Labute approximate surface area is 82.5 Å². The van der Waals surface area contributed by atoms with Crippen LogP contribution in [-0.2, 0) is 0 Å². The van der Waals surface area contributed by atoms with Crippen LogP contribution in [0.3, 0.4) is 0 Å². The Morgan fingerprint density at radius 3 is 2.67 bits per heavy atom. The van der Waals surface area contributed by atoms with Crippen LogP contribution >= 0.6 is 23.2 Å². The maximum Gasteiger partial charge on any atom is 0.0627 e. The fourth-order valence-corrected chi connectivity index (χ4v) is 1.54. The number of hydrogen-bond acceptors (Lipinski definition) is 0. The Balaban J connectivity index is 2.23. The van der Waals surface area contributed by atoms with Gasteiger partial charge in [-0.15, -0.1) is 0 Å². The lowest BCUT2D eigenvalue weighted by molar-refractivity contribution is 1.03. The highest BCUT2D eigenvalue weighted by Crippen LogP contribution is 2.37. The Morgan fingerprint density at radius 1 is 1.25 bits per heavy atom. The van der Waals surface area contributed by atoms with Crippen molar-refractivity contribution in [3.05, 3.63) is 40.2 Å². The zero-order chi connectivity index (χ0) is 8.55. The van der Waals surface area contributed by atoms with Crippen molar-refractivity contribution >= 4 is 23.2 Å². The van der Waals surface area contributed by atoms with E-state index in [0.29, 0.717) is 10.0 Å². The van der Waals surface area contributed by atoms with Gasteiger partial charge in [-0.25, -0.2) is 0 Å². The average Bonchev–Trinajstić information content (AvgIpc) is 2.83. The van der Waals surface area contributed by atoms with Crippen LogP contribution in [-0.4, -0.2) is 0 Å². The van der Waals surface area contributed by atoms with Crippen LogP contribution in [0.25, 0.3) is 0 Å². The van der Waals surface area contributed by atoms with E-state index in [9.17, 15) is 0 Å². The third-order valence-electron chi connectivity index (χ3n) is 2.02. The molecule has 2 rings (SSSR count). The molecule has 1 radical (unpaired) electrons. The Hall–Kier alpha value is -0.200. The van der Waals surface area contributed by atoms with Gasteiger partial charge in [0.2, 0.25) is 0 Å². The van der Waals surface area contributed by atoms with Gasteiger partial charge in [-0.1, -0.05) is 35.3 Å². The quantitative estimate of drug-likeness (QED) is 0.677. The summed E-state index contributed by atoms with van der Waals surface area (Å²) >= 11 is 11.9. The molecular formula is C10H9Cl2. The molecule has 0 heterocycles. The first-order valence-electron chi connectivity index (χ1n) is 4.06. The van der Waals surface area contributed by atoms with Crippen molar-refractivity contribution in [1.82, 2.24) is 0 Å².